The Balaban J connectivity index is 1.10. The minimum absolute atomic E-state index is 0.00656. The Labute approximate surface area is 428 Å². The van der Waals surface area contributed by atoms with Crippen molar-refractivity contribution in [1.82, 2.24) is 5.32 Å². The minimum Gasteiger partial charge on any atom is -0.508 e. The molecule has 1 spiro atoms. The zero-order valence-electron chi connectivity index (χ0n) is 43.2. The maximum Gasteiger partial charge on any atom is 0.189 e. The first-order chi connectivity index (χ1) is 35.0. The third-order valence-electron chi connectivity index (χ3n) is 19.2. The molecule has 3 aromatic carbocycles. The van der Waals surface area contributed by atoms with Gasteiger partial charge in [0.1, 0.15) is 5.75 Å². The normalized spacial score (nSPS) is 31.9. The molecule has 0 amide bonds. The van der Waals surface area contributed by atoms with E-state index in [-0.39, 0.29) is 77.2 Å². The number of aliphatic imine (C=N–C) groups is 1. The van der Waals surface area contributed by atoms with Gasteiger partial charge in [-0.3, -0.25) is 4.79 Å². The number of carbonyl (C=O) groups is 1. The molecule has 3 saturated carbocycles. The second-order valence-electron chi connectivity index (χ2n) is 23.7. The number of hydrogen-bond acceptors (Lipinski definition) is 9. The number of nitrogens with two attached hydrogens (primary N) is 1. The van der Waals surface area contributed by atoms with E-state index in [1.807, 2.05) is 18.2 Å². The number of aliphatic hydroxyl groups is 1. The second kappa shape index (κ2) is 20.7. The summed E-state index contributed by atoms with van der Waals surface area (Å²) in [6.07, 6.45) is 22.4. The molecule has 7 aliphatic carbocycles. The molecule has 1 heterocycles. The van der Waals surface area contributed by atoms with E-state index >= 15 is 0 Å². The van der Waals surface area contributed by atoms with Crippen LogP contribution in [0.4, 0.5) is 0 Å². The smallest absolute Gasteiger partial charge is 0.189 e. The van der Waals surface area contributed by atoms with Gasteiger partial charge in [0, 0.05) is 49.5 Å². The van der Waals surface area contributed by atoms with Crippen LogP contribution in [0.15, 0.2) is 70.8 Å². The fourth-order valence-corrected chi connectivity index (χ4v) is 15.8. The molecule has 0 aromatic heterocycles. The number of guanidine groups is 1. The van der Waals surface area contributed by atoms with E-state index < -0.39 is 0 Å². The molecular weight excluding hydrogens is 895 g/mol. The second-order valence-corrected chi connectivity index (χ2v) is 23.7. The molecule has 11 rings (SSSR count). The third-order valence-corrected chi connectivity index (χ3v) is 19.2. The van der Waals surface area contributed by atoms with Gasteiger partial charge in [0.2, 0.25) is 0 Å². The number of nitrogens with one attached hydrogen (secondary N) is 1. The maximum atomic E-state index is 14.3. The molecule has 382 valence electrons. The monoisotopic (exact) mass is 974 g/mol. The van der Waals surface area contributed by atoms with Crippen molar-refractivity contribution in [1.29, 1.82) is 0 Å². The summed E-state index contributed by atoms with van der Waals surface area (Å²) in [5.41, 5.74) is 18.0. The van der Waals surface area contributed by atoms with Gasteiger partial charge in [-0.05, 0) is 201 Å². The van der Waals surface area contributed by atoms with Crippen molar-refractivity contribution in [2.45, 2.75) is 172 Å². The van der Waals surface area contributed by atoms with E-state index in [9.17, 15) is 20.1 Å². The van der Waals surface area contributed by atoms with Crippen molar-refractivity contribution >= 4 is 11.7 Å². The van der Waals surface area contributed by atoms with Crippen LogP contribution in [-0.4, -0.2) is 59.5 Å². The zero-order chi connectivity index (χ0) is 49.7. The Bertz CT molecular complexity index is 2700. The lowest BCUT2D eigenvalue weighted by atomic mass is 9.55. The van der Waals surface area contributed by atoms with Gasteiger partial charge in [0.05, 0.1) is 24.3 Å². The van der Waals surface area contributed by atoms with Gasteiger partial charge in [-0.25, -0.2) is 4.99 Å². The summed E-state index contributed by atoms with van der Waals surface area (Å²) >= 11 is 0. The molecule has 8 aliphatic rings. The van der Waals surface area contributed by atoms with Crippen LogP contribution in [0.3, 0.4) is 0 Å². The quantitative estimate of drug-likeness (QED) is 0.0997. The van der Waals surface area contributed by atoms with Gasteiger partial charge >= 0.3 is 0 Å². The highest BCUT2D eigenvalue weighted by molar-refractivity contribution is 5.95. The van der Waals surface area contributed by atoms with Crippen molar-refractivity contribution in [3.05, 3.63) is 110 Å². The molecule has 9 heteroatoms. The fraction of sp³-hybridized carbons (Fsp3) is 0.587. The van der Waals surface area contributed by atoms with Crippen molar-refractivity contribution < 1.29 is 29.6 Å². The van der Waals surface area contributed by atoms with E-state index in [1.165, 1.54) is 28.7 Å². The first kappa shape index (κ1) is 49.2. The largest absolute Gasteiger partial charge is 0.508 e. The van der Waals surface area contributed by atoms with Crippen LogP contribution < -0.4 is 15.8 Å². The zero-order valence-corrected chi connectivity index (χ0v) is 43.2. The van der Waals surface area contributed by atoms with Gasteiger partial charge in [-0.1, -0.05) is 80.5 Å². The van der Waals surface area contributed by atoms with Crippen LogP contribution in [0.1, 0.15) is 179 Å². The number of hydrogen-bond donors (Lipinski definition) is 5. The molecule has 0 radical (unpaired) electrons. The summed E-state index contributed by atoms with van der Waals surface area (Å²) in [5.74, 6) is 10.0. The highest BCUT2D eigenvalue weighted by Gasteiger charge is 2.50. The number of ether oxygens (including phenoxy) is 2. The number of Topliss-reactive ketones (excluding diaryl/α,β-unsaturated/α-hetero) is 1. The number of methoxy groups -OCH3 is 1. The number of ketones is 1. The summed E-state index contributed by atoms with van der Waals surface area (Å²) in [5, 5.41) is 38.9. The highest BCUT2D eigenvalue weighted by atomic mass is 16.5. The summed E-state index contributed by atoms with van der Waals surface area (Å²) in [4.78, 5) is 19.8. The van der Waals surface area contributed by atoms with Crippen molar-refractivity contribution in [2.24, 2.45) is 52.2 Å². The molecule has 6 N–H and O–H groups in total. The van der Waals surface area contributed by atoms with Crippen molar-refractivity contribution in [3.8, 4) is 29.1 Å². The van der Waals surface area contributed by atoms with E-state index in [0.29, 0.717) is 74.4 Å². The molecule has 72 heavy (non-hydrogen) atoms. The van der Waals surface area contributed by atoms with Gasteiger partial charge in [-0.15, -0.1) is 0 Å². The average Bonchev–Trinajstić information content (AvgIpc) is 3.89. The first-order valence-electron chi connectivity index (χ1n) is 28.2. The molecule has 9 nitrogen and oxygen atoms in total. The average molecular weight is 974 g/mol. The fourth-order valence-electron chi connectivity index (χ4n) is 15.8. The van der Waals surface area contributed by atoms with Crippen LogP contribution in [0, 0.1) is 53.3 Å². The summed E-state index contributed by atoms with van der Waals surface area (Å²) < 4.78 is 13.2. The number of aryl methyl sites for hydroxylation is 2. The Kier molecular flexibility index (Phi) is 14.1. The van der Waals surface area contributed by atoms with E-state index in [0.717, 1.165) is 117 Å². The van der Waals surface area contributed by atoms with E-state index in [1.54, 1.807) is 7.11 Å². The maximum absolute atomic E-state index is 14.3. The minimum atomic E-state index is -0.323. The van der Waals surface area contributed by atoms with Crippen molar-refractivity contribution in [2.75, 3.05) is 20.3 Å². The van der Waals surface area contributed by atoms with E-state index in [2.05, 4.69) is 67.4 Å². The lowest BCUT2D eigenvalue weighted by molar-refractivity contribution is -0.115. The Morgan fingerprint density at radius 3 is 2.62 bits per heavy atom. The van der Waals surface area contributed by atoms with Gasteiger partial charge in [0.25, 0.3) is 0 Å². The Hall–Kier alpha value is -5.04. The number of benzene rings is 3. The van der Waals surface area contributed by atoms with E-state index in [4.69, 9.17) is 20.2 Å². The topological polar surface area (TPSA) is 147 Å². The standard InChI is InChI=1S/C63H79N3O6/c1-4-40-30-43(17-18-44(40)35-67)57(69)22-20-42-34-58(72-50-12-5-6-13-50)61(70)60-51(42)14-9-11-48-31-46-33-53-52(24-37(2)25-54(53)59(60)55(46)36-71-3)45-27-39(28-49(68)32-45)26-38-15-16-41-19-21-47-10-7-8-23-63(47,56(41)29-38)66-62(64)65-48/h15-16,27-30,32-34,37,40,44,46-48,50,52,54-55,59,67-68,70H,4-8,10-13,17-26,31,35-36H2,1-3H3,(H3,64,65,66)/t37-,40-,44-,46+,47-,48+,52+,54+,55-,59+,63+/m1/s1. The molecular formula is C63H79N3O6. The van der Waals surface area contributed by atoms with Crippen LogP contribution in [0.25, 0.3) is 0 Å². The molecule has 0 unspecified atom stereocenters. The SMILES string of the molecule is CC[C@@H]1C=C(C(=O)CCc2cc(OC3CCCC3)c(O)c3c2C#CC[C@H]2C[C@H]4C=C5[C@@H](C[C@@H](C)C[C@@H]5[C@H]3[C@@H]4COC)c3cc(O)cc(c3)Cc3ccc4c(c3)[C@@]3(CCCC[C@@H]3CC4)NC(N)=N2)CC[C@@H]1CO. The highest BCUT2D eigenvalue weighted by Crippen LogP contribution is 2.60. The van der Waals surface area contributed by atoms with Gasteiger partial charge < -0.3 is 35.8 Å². The van der Waals surface area contributed by atoms with Crippen LogP contribution in [-0.2, 0) is 34.3 Å². The number of aliphatic hydroxyl groups excluding tert-OH is 1. The molecule has 0 saturated heterocycles. The summed E-state index contributed by atoms with van der Waals surface area (Å²) in [6, 6.07) is 15.2. The third kappa shape index (κ3) is 9.42. The molecule has 8 bridgehead atoms. The van der Waals surface area contributed by atoms with Crippen LogP contribution in [0.5, 0.6) is 17.2 Å². The summed E-state index contributed by atoms with van der Waals surface area (Å²) in [7, 11) is 1.80. The Morgan fingerprint density at radius 2 is 1.81 bits per heavy atom. The predicted molar refractivity (Wildman–Crippen MR) is 284 cm³/mol. The Morgan fingerprint density at radius 1 is 0.958 bits per heavy atom. The number of fused-ring (bicyclic) bond motifs is 9. The number of rotatable bonds is 10. The number of carbonyl (C=O) groups excluding carboxylic acids is 1. The molecule has 1 aliphatic heterocycles. The predicted octanol–water partition coefficient (Wildman–Crippen LogP) is 11.4. The number of nitrogens with zero attached hydrogens (tertiary/aromatic N) is 1. The lowest BCUT2D eigenvalue weighted by Crippen LogP contribution is -2.57. The van der Waals surface area contributed by atoms with Crippen molar-refractivity contribution in [3.63, 3.8) is 0 Å². The molecule has 11 atom stereocenters. The number of phenolic OH excluding ortho intramolecular Hbond substituents is 2. The van der Waals surface area contributed by atoms with Gasteiger partial charge in [-0.2, -0.15) is 0 Å². The molecule has 3 aromatic rings. The first-order valence-corrected chi connectivity index (χ1v) is 28.2. The van der Waals surface area contributed by atoms with Crippen LogP contribution >= 0.6 is 0 Å². The number of phenols is 2. The van der Waals surface area contributed by atoms with Gasteiger partial charge in [0.15, 0.2) is 23.2 Å². The van der Waals surface area contributed by atoms with Crippen LogP contribution in [0.2, 0.25) is 0 Å². The summed E-state index contributed by atoms with van der Waals surface area (Å²) in [6.45, 7) is 5.13. The molecule has 3 fully saturated rings. The number of allylic oxidation sites excluding steroid dienone is 4. The lowest BCUT2D eigenvalue weighted by Gasteiger charge is -2.50. The number of aromatic hydroxyl groups is 2.